The van der Waals surface area contributed by atoms with Crippen molar-refractivity contribution in [1.82, 2.24) is 20.6 Å². The molecule has 2 aromatic carbocycles. The van der Waals surface area contributed by atoms with Crippen LogP contribution in [-0.4, -0.2) is 82.9 Å². The minimum absolute atomic E-state index is 0.0721. The van der Waals surface area contributed by atoms with Gasteiger partial charge in [0.05, 0.1) is 47.7 Å². The smallest absolute Gasteiger partial charge is 0.408 e. The number of carbonyl (C=O) groups excluding carboxylic acids is 2. The minimum atomic E-state index is -1.12. The average molecular weight is 910 g/mol. The van der Waals surface area contributed by atoms with Crippen LogP contribution in [0.15, 0.2) is 83.9 Å². The summed E-state index contributed by atoms with van der Waals surface area (Å²) in [5.41, 5.74) is 0.801. The summed E-state index contributed by atoms with van der Waals surface area (Å²) in [5, 5.41) is 25.7. The van der Waals surface area contributed by atoms with E-state index in [0.29, 0.717) is 5.69 Å². The van der Waals surface area contributed by atoms with Crippen LogP contribution in [0.25, 0.3) is 27.9 Å². The molecule has 0 saturated carbocycles. The molecule has 0 fully saturated rings. The van der Waals surface area contributed by atoms with Gasteiger partial charge in [0.2, 0.25) is 0 Å². The number of fused-ring (bicyclic) bond motifs is 2. The molecule has 61 heavy (non-hydrogen) atoms. The van der Waals surface area contributed by atoms with Crippen molar-refractivity contribution in [2.45, 2.75) is 92.5 Å². The van der Waals surface area contributed by atoms with Crippen LogP contribution in [0, 0.1) is 10.8 Å². The molecule has 0 unspecified atom stereocenters. The summed E-state index contributed by atoms with van der Waals surface area (Å²) in [4.78, 5) is 55.1. The lowest BCUT2D eigenvalue weighted by atomic mass is 9.90. The molecular formula is C46H61BrN4O10. The molecule has 0 spiro atoms. The zero-order valence-corrected chi connectivity index (χ0v) is 38.8. The molecule has 14 nitrogen and oxygen atoms in total. The molecule has 2 amide bonds. The highest BCUT2D eigenvalue weighted by molar-refractivity contribution is 9.10. The number of aliphatic carboxylic acids is 2. The standard InChI is InChI=1S/C23H30N2O5.C16H19BrN2O2.C7H12O3/c1-15(24-21(28)30-22(2,3)4)18-10-9-17-8-7-16(13-19(17)25-18)11-12-23(5,14-29-6)20(26)27;1-10(18-15(20)21-16(2,3)4)13-8-6-11-5-7-12(17)9-14(11)19-13;1-4-7(2,5-10-3)6(8)9/h7-13,15H,14H2,1-6H3,(H,24,28)(H,26,27);5-10H,1-4H3,(H,18,20);4H,1,5H2,2-3H3,(H,8,9)/b12-11+;;/t15-,23+;10-;7-/m110/s1. The first-order valence-electron chi connectivity index (χ1n) is 19.5. The zero-order valence-electron chi connectivity index (χ0n) is 37.2. The van der Waals surface area contributed by atoms with Crippen LogP contribution in [0.4, 0.5) is 9.59 Å². The number of carboxylic acid groups (broad SMARTS) is 2. The molecular weight excluding hydrogens is 848 g/mol. The third-order valence-corrected chi connectivity index (χ3v) is 9.22. The van der Waals surface area contributed by atoms with Gasteiger partial charge in [0, 0.05) is 29.5 Å². The van der Waals surface area contributed by atoms with E-state index in [0.717, 1.165) is 37.5 Å². The molecule has 4 atom stereocenters. The van der Waals surface area contributed by atoms with Crippen LogP contribution in [-0.2, 0) is 28.5 Å². The van der Waals surface area contributed by atoms with E-state index in [1.54, 1.807) is 26.0 Å². The lowest BCUT2D eigenvalue weighted by molar-refractivity contribution is -0.148. The summed E-state index contributed by atoms with van der Waals surface area (Å²) in [6.45, 7) is 21.5. The Morgan fingerprint density at radius 3 is 1.49 bits per heavy atom. The van der Waals surface area contributed by atoms with E-state index in [2.05, 4.69) is 43.1 Å². The summed E-state index contributed by atoms with van der Waals surface area (Å²) in [5.74, 6) is -1.87. The maximum absolute atomic E-state index is 12.0. The van der Waals surface area contributed by atoms with Crippen molar-refractivity contribution in [3.8, 4) is 0 Å². The van der Waals surface area contributed by atoms with Crippen LogP contribution in [0.2, 0.25) is 0 Å². The van der Waals surface area contributed by atoms with Gasteiger partial charge in [-0.2, -0.15) is 0 Å². The Bertz CT molecular complexity index is 2180. The molecule has 0 aliphatic carbocycles. The van der Waals surface area contributed by atoms with E-state index in [1.807, 2.05) is 116 Å². The van der Waals surface area contributed by atoms with Gasteiger partial charge in [-0.15, -0.1) is 6.58 Å². The molecule has 4 rings (SSSR count). The predicted molar refractivity (Wildman–Crippen MR) is 241 cm³/mol. The van der Waals surface area contributed by atoms with Crippen molar-refractivity contribution in [2.75, 3.05) is 27.4 Å². The number of nitrogens with zero attached hydrogens (tertiary/aromatic N) is 2. The molecule has 4 aromatic rings. The van der Waals surface area contributed by atoms with Gasteiger partial charge in [-0.05, 0) is 105 Å². The number of alkyl carbamates (subject to hydrolysis) is 2. The third-order valence-electron chi connectivity index (χ3n) is 8.73. The summed E-state index contributed by atoms with van der Waals surface area (Å²) < 4.78 is 21.3. The Morgan fingerprint density at radius 2 is 1.10 bits per heavy atom. The van der Waals surface area contributed by atoms with Gasteiger partial charge in [0.25, 0.3) is 0 Å². The van der Waals surface area contributed by atoms with Crippen molar-refractivity contribution >= 4 is 67.9 Å². The molecule has 2 heterocycles. The summed E-state index contributed by atoms with van der Waals surface area (Å²) in [6.07, 6.45) is 3.81. The first-order valence-corrected chi connectivity index (χ1v) is 20.3. The second kappa shape index (κ2) is 22.5. The molecule has 0 aliphatic rings. The maximum atomic E-state index is 12.0. The summed E-state index contributed by atoms with van der Waals surface area (Å²) in [6, 6.07) is 18.8. The number of methoxy groups -OCH3 is 2. The zero-order chi connectivity index (χ0) is 46.3. The van der Waals surface area contributed by atoms with Crippen molar-refractivity contribution in [3.63, 3.8) is 0 Å². The Morgan fingerprint density at radius 1 is 0.689 bits per heavy atom. The van der Waals surface area contributed by atoms with Gasteiger partial charge in [0.15, 0.2) is 0 Å². The fraction of sp³-hybridized carbons (Fsp3) is 0.435. The van der Waals surface area contributed by atoms with Crippen molar-refractivity contribution in [3.05, 3.63) is 101 Å². The largest absolute Gasteiger partial charge is 0.481 e. The highest BCUT2D eigenvalue weighted by atomic mass is 79.9. The number of ether oxygens (including phenoxy) is 4. The quantitative estimate of drug-likeness (QED) is 0.0929. The molecule has 332 valence electrons. The summed E-state index contributed by atoms with van der Waals surface area (Å²) >= 11 is 3.44. The van der Waals surface area contributed by atoms with E-state index in [4.69, 9.17) is 24.1 Å². The lowest BCUT2D eigenvalue weighted by Gasteiger charge is -2.22. The van der Waals surface area contributed by atoms with Gasteiger partial charge in [-0.3, -0.25) is 19.6 Å². The van der Waals surface area contributed by atoms with Gasteiger partial charge < -0.3 is 39.8 Å². The number of benzene rings is 2. The fourth-order valence-electron chi connectivity index (χ4n) is 5.23. The number of pyridine rings is 2. The first kappa shape index (κ1) is 51.8. The topological polar surface area (TPSA) is 196 Å². The highest BCUT2D eigenvalue weighted by Gasteiger charge is 2.30. The Hall–Kier alpha value is -5.38. The number of carboxylic acids is 2. The van der Waals surface area contributed by atoms with Gasteiger partial charge in [-0.1, -0.05) is 64.5 Å². The second-order valence-electron chi connectivity index (χ2n) is 16.8. The first-order chi connectivity index (χ1) is 28.2. The number of carbonyl (C=O) groups is 4. The van der Waals surface area contributed by atoms with Gasteiger partial charge in [-0.25, -0.2) is 9.59 Å². The number of amides is 2. The number of hydrogen-bond acceptors (Lipinski definition) is 10. The number of rotatable bonds is 13. The van der Waals surface area contributed by atoms with Crippen molar-refractivity contribution in [2.24, 2.45) is 10.8 Å². The van der Waals surface area contributed by atoms with Crippen LogP contribution in [0.3, 0.4) is 0 Å². The minimum Gasteiger partial charge on any atom is -0.481 e. The van der Waals surface area contributed by atoms with E-state index < -0.39 is 46.2 Å². The Labute approximate surface area is 367 Å². The van der Waals surface area contributed by atoms with Gasteiger partial charge in [0.1, 0.15) is 22.0 Å². The third kappa shape index (κ3) is 17.3. The second-order valence-corrected chi connectivity index (χ2v) is 17.8. The molecule has 0 bridgehead atoms. The number of nitrogens with one attached hydrogen (secondary N) is 2. The van der Waals surface area contributed by atoms with Gasteiger partial charge >= 0.3 is 24.1 Å². The predicted octanol–water partition coefficient (Wildman–Crippen LogP) is 10.1. The molecule has 15 heteroatoms. The molecule has 0 radical (unpaired) electrons. The fourth-order valence-corrected chi connectivity index (χ4v) is 5.58. The molecule has 2 aromatic heterocycles. The van der Waals surface area contributed by atoms with Crippen LogP contribution in [0.5, 0.6) is 0 Å². The average Bonchev–Trinajstić information content (AvgIpc) is 3.15. The molecule has 0 saturated heterocycles. The summed E-state index contributed by atoms with van der Waals surface area (Å²) in [7, 11) is 2.94. The Kier molecular flexibility index (Phi) is 19.1. The van der Waals surface area contributed by atoms with E-state index in [-0.39, 0.29) is 25.3 Å². The van der Waals surface area contributed by atoms with Crippen molar-refractivity contribution < 1.29 is 48.3 Å². The van der Waals surface area contributed by atoms with Crippen molar-refractivity contribution in [1.29, 1.82) is 0 Å². The number of hydrogen-bond donors (Lipinski definition) is 4. The van der Waals surface area contributed by atoms with Crippen LogP contribution < -0.4 is 10.6 Å². The Balaban J connectivity index is 0.000000357. The van der Waals surface area contributed by atoms with Crippen LogP contribution in [0.1, 0.15) is 98.3 Å². The lowest BCUT2D eigenvalue weighted by Crippen LogP contribution is -2.34. The highest BCUT2D eigenvalue weighted by Crippen LogP contribution is 2.25. The normalized spacial score (nSPS) is 14.4. The molecule has 0 aliphatic heterocycles. The van der Waals surface area contributed by atoms with E-state index in [9.17, 15) is 24.3 Å². The van der Waals surface area contributed by atoms with Crippen LogP contribution >= 0.6 is 15.9 Å². The van der Waals surface area contributed by atoms with E-state index in [1.165, 1.54) is 20.3 Å². The monoisotopic (exact) mass is 908 g/mol. The molecule has 4 N–H and O–H groups in total. The number of halogens is 1. The number of aromatic nitrogens is 2. The SMILES string of the molecule is C=C[C@@](C)(COC)C(=O)O.COC[C@](C)(/C=C/c1ccc2ccc([C@@H](C)NC(=O)OC(C)(C)C)nc2c1)C(=O)O.C[C@@H](NC(=O)OC(C)(C)C)c1ccc2ccc(Br)cc2n1. The van der Waals surface area contributed by atoms with E-state index >= 15 is 0 Å². The maximum Gasteiger partial charge on any atom is 0.408 e.